The van der Waals surface area contributed by atoms with Gasteiger partial charge in [-0.25, -0.2) is 9.37 Å². The number of aromatic nitrogens is 2. The Morgan fingerprint density at radius 3 is 3.09 bits per heavy atom. The molecule has 0 radical (unpaired) electrons. The van der Waals surface area contributed by atoms with E-state index in [9.17, 15) is 4.39 Å². The van der Waals surface area contributed by atoms with Crippen molar-refractivity contribution < 1.29 is 4.39 Å². The van der Waals surface area contributed by atoms with Gasteiger partial charge >= 0.3 is 0 Å². The van der Waals surface area contributed by atoms with E-state index in [1.54, 1.807) is 0 Å². The lowest BCUT2D eigenvalue weighted by Gasteiger charge is -1.91. The zero-order chi connectivity index (χ0) is 7.84. The summed E-state index contributed by atoms with van der Waals surface area (Å²) in [4.78, 5) is 6.67. The van der Waals surface area contributed by atoms with Gasteiger partial charge in [0.25, 0.3) is 0 Å². The second kappa shape index (κ2) is 2.44. The van der Waals surface area contributed by atoms with Crippen molar-refractivity contribution in [2.75, 3.05) is 0 Å². The van der Waals surface area contributed by atoms with Crippen LogP contribution < -0.4 is 0 Å². The molecule has 0 amide bonds. The lowest BCUT2D eigenvalue weighted by atomic mass is 10.3. The van der Waals surface area contributed by atoms with Gasteiger partial charge in [0.1, 0.15) is 5.52 Å². The number of H-pyrrole nitrogens is 1. The molecule has 11 heavy (non-hydrogen) atoms. The molecule has 4 heteroatoms. The van der Waals surface area contributed by atoms with Crippen LogP contribution in [0.15, 0.2) is 18.5 Å². The van der Waals surface area contributed by atoms with E-state index < -0.39 is 0 Å². The Hall–Kier alpha value is -0.650. The maximum Gasteiger partial charge on any atom is 0.152 e. The Bertz CT molecular complexity index is 396. The summed E-state index contributed by atoms with van der Waals surface area (Å²) in [5.41, 5.74) is 1.15. The van der Waals surface area contributed by atoms with Crippen molar-refractivity contribution in [2.24, 2.45) is 0 Å². The quantitative estimate of drug-likeness (QED) is 0.725. The van der Waals surface area contributed by atoms with Crippen LogP contribution in [0, 0.1) is 9.39 Å². The highest BCUT2D eigenvalue weighted by atomic mass is 127. The first-order chi connectivity index (χ1) is 5.27. The van der Waals surface area contributed by atoms with Crippen LogP contribution in [-0.2, 0) is 0 Å². The molecule has 2 aromatic rings. The van der Waals surface area contributed by atoms with Crippen LogP contribution in [-0.4, -0.2) is 9.97 Å². The zero-order valence-corrected chi connectivity index (χ0v) is 7.59. The Morgan fingerprint density at radius 1 is 1.45 bits per heavy atom. The molecular weight excluding hydrogens is 258 g/mol. The highest BCUT2D eigenvalue weighted by molar-refractivity contribution is 14.1. The Labute approximate surface area is 76.0 Å². The van der Waals surface area contributed by atoms with E-state index in [0.717, 1.165) is 9.09 Å². The molecule has 0 bridgehead atoms. The first-order valence-corrected chi connectivity index (χ1v) is 4.13. The fourth-order valence-corrected chi connectivity index (χ4v) is 1.56. The van der Waals surface area contributed by atoms with Crippen molar-refractivity contribution in [1.29, 1.82) is 0 Å². The second-order valence-corrected chi connectivity index (χ2v) is 3.43. The summed E-state index contributed by atoms with van der Waals surface area (Å²) >= 11 is 2.06. The molecule has 2 rings (SSSR count). The van der Waals surface area contributed by atoms with Crippen LogP contribution in [0.5, 0.6) is 0 Å². The summed E-state index contributed by atoms with van der Waals surface area (Å²) in [6.45, 7) is 0. The minimum absolute atomic E-state index is 0.270. The van der Waals surface area contributed by atoms with Gasteiger partial charge in [-0.3, -0.25) is 0 Å². The molecule has 0 atom stereocenters. The van der Waals surface area contributed by atoms with E-state index in [1.807, 2.05) is 6.07 Å². The second-order valence-electron chi connectivity index (χ2n) is 2.19. The van der Waals surface area contributed by atoms with Crippen LogP contribution in [0.25, 0.3) is 11.0 Å². The average Bonchev–Trinajstić information content (AvgIpc) is 2.34. The molecule has 0 fully saturated rings. The number of rotatable bonds is 0. The van der Waals surface area contributed by atoms with Crippen molar-refractivity contribution >= 4 is 33.6 Å². The van der Waals surface area contributed by atoms with E-state index in [4.69, 9.17) is 0 Å². The molecule has 0 saturated carbocycles. The number of nitrogens with one attached hydrogen (secondary N) is 1. The van der Waals surface area contributed by atoms with Crippen LogP contribution in [0.4, 0.5) is 4.39 Å². The normalized spacial score (nSPS) is 10.7. The summed E-state index contributed by atoms with van der Waals surface area (Å²) in [5.74, 6) is -0.270. The number of fused-ring (bicyclic) bond motifs is 1. The van der Waals surface area contributed by atoms with Gasteiger partial charge in [0, 0.05) is 3.57 Å². The molecule has 0 saturated heterocycles. The van der Waals surface area contributed by atoms with Crippen LogP contribution in [0.1, 0.15) is 0 Å². The number of aromatic amines is 1. The molecule has 1 N–H and O–H groups in total. The molecule has 0 aliphatic rings. The fraction of sp³-hybridized carbons (Fsp3) is 0. The molecule has 1 heterocycles. The van der Waals surface area contributed by atoms with Crippen molar-refractivity contribution in [2.45, 2.75) is 0 Å². The summed E-state index contributed by atoms with van der Waals surface area (Å²) in [6.07, 6.45) is 1.49. The third-order valence-corrected chi connectivity index (χ3v) is 2.06. The van der Waals surface area contributed by atoms with Crippen LogP contribution in [0.2, 0.25) is 0 Å². The van der Waals surface area contributed by atoms with Crippen molar-refractivity contribution in [1.82, 2.24) is 9.97 Å². The number of hydrogen-bond donors (Lipinski definition) is 1. The summed E-state index contributed by atoms with van der Waals surface area (Å²) in [5, 5.41) is 0. The van der Waals surface area contributed by atoms with Gasteiger partial charge in [0.15, 0.2) is 5.82 Å². The van der Waals surface area contributed by atoms with E-state index in [2.05, 4.69) is 32.6 Å². The lowest BCUT2D eigenvalue weighted by Crippen LogP contribution is -1.79. The van der Waals surface area contributed by atoms with Gasteiger partial charge in [-0.05, 0) is 34.7 Å². The molecule has 0 spiro atoms. The SMILES string of the molecule is Fc1cc(I)cc2[nH]cnc12. The zero-order valence-electron chi connectivity index (χ0n) is 5.44. The molecule has 0 unspecified atom stereocenters. The highest BCUT2D eigenvalue weighted by Crippen LogP contribution is 2.17. The number of benzene rings is 1. The minimum atomic E-state index is -0.270. The average molecular weight is 262 g/mol. The summed E-state index contributed by atoms with van der Waals surface area (Å²) in [7, 11) is 0. The fourth-order valence-electron chi connectivity index (χ4n) is 0.974. The monoisotopic (exact) mass is 262 g/mol. The van der Waals surface area contributed by atoms with Crippen molar-refractivity contribution in [3.05, 3.63) is 27.8 Å². The molecule has 0 aliphatic carbocycles. The number of halogens is 2. The molecular formula is C7H4FIN2. The number of imidazole rings is 1. The van der Waals surface area contributed by atoms with Crippen LogP contribution in [0.3, 0.4) is 0 Å². The standard InChI is InChI=1S/C7H4FIN2/c8-5-1-4(9)2-6-7(5)11-3-10-6/h1-3H,(H,10,11). The third kappa shape index (κ3) is 1.11. The molecule has 1 aromatic carbocycles. The van der Waals surface area contributed by atoms with E-state index in [0.29, 0.717) is 5.52 Å². The predicted octanol–water partition coefficient (Wildman–Crippen LogP) is 2.31. The molecule has 56 valence electrons. The molecule has 2 nitrogen and oxygen atoms in total. The number of hydrogen-bond acceptors (Lipinski definition) is 1. The Kier molecular flexibility index (Phi) is 1.56. The van der Waals surface area contributed by atoms with Crippen molar-refractivity contribution in [3.63, 3.8) is 0 Å². The van der Waals surface area contributed by atoms with Gasteiger partial charge < -0.3 is 4.98 Å². The van der Waals surface area contributed by atoms with E-state index in [1.165, 1.54) is 12.4 Å². The lowest BCUT2D eigenvalue weighted by molar-refractivity contribution is 0.636. The third-order valence-electron chi connectivity index (χ3n) is 1.44. The maximum absolute atomic E-state index is 13.0. The maximum atomic E-state index is 13.0. The van der Waals surface area contributed by atoms with Gasteiger partial charge in [0.2, 0.25) is 0 Å². The Balaban J connectivity index is 2.91. The topological polar surface area (TPSA) is 28.7 Å². The van der Waals surface area contributed by atoms with Gasteiger partial charge in [0.05, 0.1) is 11.8 Å². The first kappa shape index (κ1) is 7.02. The van der Waals surface area contributed by atoms with E-state index in [-0.39, 0.29) is 5.82 Å². The molecule has 0 aliphatic heterocycles. The minimum Gasteiger partial charge on any atom is -0.344 e. The number of nitrogens with zero attached hydrogens (tertiary/aromatic N) is 1. The van der Waals surface area contributed by atoms with Gasteiger partial charge in [-0.2, -0.15) is 0 Å². The largest absolute Gasteiger partial charge is 0.344 e. The smallest absolute Gasteiger partial charge is 0.152 e. The summed E-state index contributed by atoms with van der Waals surface area (Å²) < 4.78 is 13.9. The van der Waals surface area contributed by atoms with Crippen molar-refractivity contribution in [3.8, 4) is 0 Å². The highest BCUT2D eigenvalue weighted by Gasteiger charge is 2.03. The molecule has 1 aromatic heterocycles. The van der Waals surface area contributed by atoms with Gasteiger partial charge in [-0.1, -0.05) is 0 Å². The van der Waals surface area contributed by atoms with E-state index >= 15 is 0 Å². The first-order valence-electron chi connectivity index (χ1n) is 3.05. The van der Waals surface area contributed by atoms with Gasteiger partial charge in [-0.15, -0.1) is 0 Å². The summed E-state index contributed by atoms with van der Waals surface area (Å²) in [6, 6.07) is 3.32. The van der Waals surface area contributed by atoms with Crippen LogP contribution >= 0.6 is 22.6 Å². The Morgan fingerprint density at radius 2 is 2.27 bits per heavy atom. The predicted molar refractivity (Wildman–Crippen MR) is 48.8 cm³/mol.